The van der Waals surface area contributed by atoms with Crippen molar-refractivity contribution in [2.24, 2.45) is 22.7 Å². The Hall–Kier alpha value is -0.120. The van der Waals surface area contributed by atoms with Crippen LogP contribution in [0, 0.1) is 22.7 Å². The third-order valence-corrected chi connectivity index (χ3v) is 9.28. The topological polar surface area (TPSA) is 9.72 Å². The molecule has 4 saturated heterocycles. The van der Waals surface area contributed by atoms with Gasteiger partial charge in [0.05, 0.1) is 0 Å². The van der Waals surface area contributed by atoms with E-state index in [9.17, 15) is 0 Å². The lowest BCUT2D eigenvalue weighted by Gasteiger charge is -2.60. The number of hydrogen-bond donors (Lipinski definition) is 0. The molecule has 3 heteroatoms. The van der Waals surface area contributed by atoms with E-state index in [1.54, 1.807) is 0 Å². The predicted molar refractivity (Wildman–Crippen MR) is 118 cm³/mol. The average molecular weight is 388 g/mol. The van der Waals surface area contributed by atoms with Crippen LogP contribution in [0.15, 0.2) is 0 Å². The van der Waals surface area contributed by atoms with Crippen LogP contribution in [0.1, 0.15) is 79.1 Å². The smallest absolute Gasteiger partial charge is 0.0242 e. The van der Waals surface area contributed by atoms with Crippen molar-refractivity contribution in [2.45, 2.75) is 97.2 Å². The first-order valence-corrected chi connectivity index (χ1v) is 12.6. The Kier molecular flexibility index (Phi) is 5.12. The molecule has 6 aliphatic rings. The van der Waals surface area contributed by atoms with E-state index in [1.807, 2.05) is 0 Å². The summed E-state index contributed by atoms with van der Waals surface area (Å²) in [4.78, 5) is 8.48. The number of likely N-dealkylation sites (tertiary alicyclic amines) is 1. The second-order valence-corrected chi connectivity index (χ2v) is 12.4. The first-order chi connectivity index (χ1) is 13.4. The molecule has 2 bridgehead atoms. The highest BCUT2D eigenvalue weighted by atomic mass is 15.4. The van der Waals surface area contributed by atoms with Crippen LogP contribution >= 0.6 is 0 Å². The van der Waals surface area contributed by atoms with Gasteiger partial charge in [-0.1, -0.05) is 13.8 Å². The van der Waals surface area contributed by atoms with Gasteiger partial charge >= 0.3 is 0 Å². The molecule has 4 aliphatic heterocycles. The van der Waals surface area contributed by atoms with Gasteiger partial charge in [-0.05, 0) is 101 Å². The van der Waals surface area contributed by atoms with Gasteiger partial charge in [0.15, 0.2) is 0 Å². The zero-order valence-corrected chi connectivity index (χ0v) is 19.1. The summed E-state index contributed by atoms with van der Waals surface area (Å²) < 4.78 is 0. The molecule has 1 spiro atoms. The summed E-state index contributed by atoms with van der Waals surface area (Å²) in [6.45, 7) is 17.8. The van der Waals surface area contributed by atoms with Crippen molar-refractivity contribution in [3.8, 4) is 0 Å². The van der Waals surface area contributed by atoms with Crippen molar-refractivity contribution in [3.63, 3.8) is 0 Å². The highest BCUT2D eigenvalue weighted by Crippen LogP contribution is 2.54. The van der Waals surface area contributed by atoms with Gasteiger partial charge in [-0.3, -0.25) is 9.80 Å². The van der Waals surface area contributed by atoms with E-state index in [0.29, 0.717) is 5.41 Å². The van der Waals surface area contributed by atoms with E-state index in [0.717, 1.165) is 35.4 Å². The molecule has 2 aliphatic carbocycles. The molecule has 3 nitrogen and oxygen atoms in total. The van der Waals surface area contributed by atoms with Crippen LogP contribution in [0.2, 0.25) is 0 Å². The fourth-order valence-corrected chi connectivity index (χ4v) is 7.66. The zero-order chi connectivity index (χ0) is 19.5. The van der Waals surface area contributed by atoms with Crippen molar-refractivity contribution in [1.82, 2.24) is 14.7 Å². The third kappa shape index (κ3) is 3.81. The minimum absolute atomic E-state index is 0.716. The summed E-state index contributed by atoms with van der Waals surface area (Å²) in [7, 11) is 0. The van der Waals surface area contributed by atoms with Crippen LogP contribution < -0.4 is 0 Å². The van der Waals surface area contributed by atoms with Gasteiger partial charge in [0.1, 0.15) is 0 Å². The normalized spacial score (nSPS) is 35.4. The average Bonchev–Trinajstić information content (AvgIpc) is 3.36. The Bertz CT molecular complexity index is 538. The quantitative estimate of drug-likeness (QED) is 0.638. The lowest BCUT2D eigenvalue weighted by molar-refractivity contribution is -0.108. The van der Waals surface area contributed by atoms with Crippen LogP contribution in [-0.2, 0) is 0 Å². The van der Waals surface area contributed by atoms with Gasteiger partial charge in [0, 0.05) is 44.3 Å². The van der Waals surface area contributed by atoms with Crippen LogP contribution in [0.3, 0.4) is 0 Å². The fraction of sp³-hybridized carbons (Fsp3) is 1.00. The SMILES string of the molecule is CC(C)CC1(CN2CC3CC(C2)N3CC2CC3(CCN(C(C)C)CC3)C2)CC1. The molecule has 0 radical (unpaired) electrons. The van der Waals surface area contributed by atoms with E-state index in [1.165, 1.54) is 90.6 Å². The van der Waals surface area contributed by atoms with E-state index in [2.05, 4.69) is 42.4 Å². The predicted octanol–water partition coefficient (Wildman–Crippen LogP) is 4.47. The molecule has 0 aromatic rings. The first-order valence-electron chi connectivity index (χ1n) is 12.6. The van der Waals surface area contributed by atoms with Gasteiger partial charge in [0.2, 0.25) is 0 Å². The minimum Gasteiger partial charge on any atom is -0.301 e. The summed E-state index contributed by atoms with van der Waals surface area (Å²) in [5.74, 6) is 1.88. The van der Waals surface area contributed by atoms with Crippen molar-refractivity contribution in [1.29, 1.82) is 0 Å². The molecule has 28 heavy (non-hydrogen) atoms. The molecule has 0 N–H and O–H groups in total. The molecule has 6 fully saturated rings. The van der Waals surface area contributed by atoms with E-state index < -0.39 is 0 Å². The van der Waals surface area contributed by atoms with E-state index in [4.69, 9.17) is 0 Å². The first kappa shape index (κ1) is 19.8. The summed E-state index contributed by atoms with van der Waals surface area (Å²) in [6.07, 6.45) is 12.0. The highest BCUT2D eigenvalue weighted by molar-refractivity contribution is 5.06. The van der Waals surface area contributed by atoms with Gasteiger partial charge < -0.3 is 4.90 Å². The van der Waals surface area contributed by atoms with Gasteiger partial charge in [-0.15, -0.1) is 0 Å². The van der Waals surface area contributed by atoms with Crippen molar-refractivity contribution < 1.29 is 0 Å². The molecule has 0 amide bonds. The van der Waals surface area contributed by atoms with Crippen molar-refractivity contribution in [2.75, 3.05) is 39.3 Å². The van der Waals surface area contributed by atoms with Gasteiger partial charge in [0.25, 0.3) is 0 Å². The fourth-order valence-electron chi connectivity index (χ4n) is 7.66. The van der Waals surface area contributed by atoms with Crippen molar-refractivity contribution in [3.05, 3.63) is 0 Å². The van der Waals surface area contributed by atoms with Gasteiger partial charge in [-0.2, -0.15) is 0 Å². The molecular weight excluding hydrogens is 342 g/mol. The molecule has 6 rings (SSSR count). The zero-order valence-electron chi connectivity index (χ0n) is 19.1. The summed E-state index contributed by atoms with van der Waals surface area (Å²) in [6, 6.07) is 2.54. The molecule has 160 valence electrons. The number of piperidine rings is 2. The molecule has 0 aromatic heterocycles. The monoisotopic (exact) mass is 387 g/mol. The molecule has 0 aromatic carbocycles. The number of nitrogens with zero attached hydrogens (tertiary/aromatic N) is 3. The summed E-state index contributed by atoms with van der Waals surface area (Å²) >= 11 is 0. The summed E-state index contributed by atoms with van der Waals surface area (Å²) in [5, 5.41) is 0. The highest BCUT2D eigenvalue weighted by Gasteiger charge is 2.52. The maximum Gasteiger partial charge on any atom is 0.0242 e. The Labute approximate surface area is 174 Å². The van der Waals surface area contributed by atoms with E-state index in [-0.39, 0.29) is 0 Å². The number of hydrogen-bond acceptors (Lipinski definition) is 3. The number of rotatable bonds is 7. The van der Waals surface area contributed by atoms with Crippen LogP contribution in [0.4, 0.5) is 0 Å². The molecule has 2 atom stereocenters. The maximum absolute atomic E-state index is 2.93. The van der Waals surface area contributed by atoms with Crippen molar-refractivity contribution >= 4 is 0 Å². The lowest BCUT2D eigenvalue weighted by Crippen LogP contribution is -2.70. The molecule has 4 heterocycles. The second kappa shape index (κ2) is 7.24. The number of piperazine rings is 1. The maximum atomic E-state index is 2.93. The van der Waals surface area contributed by atoms with Crippen LogP contribution in [0.25, 0.3) is 0 Å². The Morgan fingerprint density at radius 3 is 2.07 bits per heavy atom. The van der Waals surface area contributed by atoms with Gasteiger partial charge in [-0.25, -0.2) is 0 Å². The van der Waals surface area contributed by atoms with Crippen LogP contribution in [-0.4, -0.2) is 72.1 Å². The lowest BCUT2D eigenvalue weighted by atomic mass is 9.57. The Balaban J connectivity index is 1.05. The largest absolute Gasteiger partial charge is 0.301 e. The Morgan fingerprint density at radius 1 is 0.893 bits per heavy atom. The molecular formula is C25H45N3. The number of fused-ring (bicyclic) bond motifs is 2. The standard InChI is InChI=1S/C25H45N3/c1-19(2)12-25(5-6-25)18-26-16-22-11-23(17-26)28(22)15-21-13-24(14-21)7-9-27(10-8-24)20(3)4/h19-23H,5-18H2,1-4H3. The third-order valence-electron chi connectivity index (χ3n) is 9.28. The minimum atomic E-state index is 0.716. The summed E-state index contributed by atoms with van der Waals surface area (Å²) in [5.41, 5.74) is 1.46. The van der Waals surface area contributed by atoms with Crippen LogP contribution in [0.5, 0.6) is 0 Å². The Morgan fingerprint density at radius 2 is 1.54 bits per heavy atom. The van der Waals surface area contributed by atoms with E-state index >= 15 is 0 Å². The molecule has 2 saturated carbocycles. The molecule has 2 unspecified atom stereocenters. The second-order valence-electron chi connectivity index (χ2n) is 12.4.